The molecule has 0 heterocycles. The molecule has 3 heteroatoms. The number of ether oxygens (including phenoxy) is 2. The molecule has 0 fully saturated rings. The predicted octanol–water partition coefficient (Wildman–Crippen LogP) is 1.45. The normalized spacial score (nSPS) is 9.38. The molecule has 0 atom stereocenters. The first-order chi connectivity index (χ1) is 6.31. The predicted molar refractivity (Wildman–Crippen MR) is 49.3 cm³/mol. The number of carbonyl (C=O) groups is 1. The zero-order valence-corrected chi connectivity index (χ0v) is 7.74. The standard InChI is InChI=1S/C10H12O3/c1-12-9-3-4-10(13-2)8(7-9)5-6-11/h3-4,6-7H,5H2,1-2H3. The molecular formula is C10H12O3. The third-order valence-corrected chi connectivity index (χ3v) is 1.79. The maximum absolute atomic E-state index is 10.3. The Morgan fingerprint density at radius 1 is 1.31 bits per heavy atom. The quantitative estimate of drug-likeness (QED) is 0.658. The van der Waals surface area contributed by atoms with E-state index in [2.05, 4.69) is 0 Å². The zero-order valence-electron chi connectivity index (χ0n) is 7.74. The first-order valence-corrected chi connectivity index (χ1v) is 3.96. The summed E-state index contributed by atoms with van der Waals surface area (Å²) in [5, 5.41) is 0. The van der Waals surface area contributed by atoms with Gasteiger partial charge in [0.25, 0.3) is 0 Å². The fourth-order valence-electron chi connectivity index (χ4n) is 1.13. The number of hydrogen-bond acceptors (Lipinski definition) is 3. The van der Waals surface area contributed by atoms with Gasteiger partial charge < -0.3 is 14.3 Å². The van der Waals surface area contributed by atoms with Gasteiger partial charge in [-0.05, 0) is 18.2 Å². The summed E-state index contributed by atoms with van der Waals surface area (Å²) in [4.78, 5) is 10.3. The average molecular weight is 180 g/mol. The minimum atomic E-state index is 0.348. The van der Waals surface area contributed by atoms with Crippen LogP contribution < -0.4 is 9.47 Å². The second kappa shape index (κ2) is 4.50. The van der Waals surface area contributed by atoms with Crippen LogP contribution >= 0.6 is 0 Å². The molecule has 0 saturated carbocycles. The monoisotopic (exact) mass is 180 g/mol. The summed E-state index contributed by atoms with van der Waals surface area (Å²) in [7, 11) is 3.17. The van der Waals surface area contributed by atoms with Gasteiger partial charge in [0.05, 0.1) is 14.2 Å². The van der Waals surface area contributed by atoms with Crippen LogP contribution in [0.4, 0.5) is 0 Å². The van der Waals surface area contributed by atoms with E-state index in [-0.39, 0.29) is 0 Å². The number of methoxy groups -OCH3 is 2. The van der Waals surface area contributed by atoms with E-state index < -0.39 is 0 Å². The van der Waals surface area contributed by atoms with E-state index >= 15 is 0 Å². The average Bonchev–Trinajstić information content (AvgIpc) is 2.18. The molecule has 0 spiro atoms. The smallest absolute Gasteiger partial charge is 0.124 e. The van der Waals surface area contributed by atoms with Crippen LogP contribution in [0.25, 0.3) is 0 Å². The third-order valence-electron chi connectivity index (χ3n) is 1.79. The van der Waals surface area contributed by atoms with Crippen LogP contribution in [0.3, 0.4) is 0 Å². The van der Waals surface area contributed by atoms with E-state index in [9.17, 15) is 4.79 Å². The Balaban J connectivity index is 3.01. The number of aldehydes is 1. The highest BCUT2D eigenvalue weighted by Crippen LogP contribution is 2.23. The second-order valence-corrected chi connectivity index (χ2v) is 2.55. The molecule has 1 aromatic rings. The van der Waals surface area contributed by atoms with E-state index in [1.54, 1.807) is 32.4 Å². The Labute approximate surface area is 77.3 Å². The van der Waals surface area contributed by atoms with Crippen molar-refractivity contribution in [2.45, 2.75) is 6.42 Å². The molecule has 0 aliphatic heterocycles. The molecule has 70 valence electrons. The fourth-order valence-corrected chi connectivity index (χ4v) is 1.13. The van der Waals surface area contributed by atoms with Gasteiger partial charge in [0.2, 0.25) is 0 Å². The molecule has 0 aromatic heterocycles. The van der Waals surface area contributed by atoms with Crippen molar-refractivity contribution in [1.82, 2.24) is 0 Å². The van der Waals surface area contributed by atoms with Gasteiger partial charge in [-0.25, -0.2) is 0 Å². The Kier molecular flexibility index (Phi) is 3.31. The summed E-state index contributed by atoms with van der Waals surface area (Å²) in [6.07, 6.45) is 1.19. The number of rotatable bonds is 4. The molecule has 0 N–H and O–H groups in total. The Hall–Kier alpha value is -1.51. The number of benzene rings is 1. The van der Waals surface area contributed by atoms with Gasteiger partial charge in [-0.3, -0.25) is 0 Å². The molecule has 1 rings (SSSR count). The first kappa shape index (κ1) is 9.58. The molecule has 0 unspecified atom stereocenters. The number of carbonyl (C=O) groups excluding carboxylic acids is 1. The lowest BCUT2D eigenvalue weighted by Crippen LogP contribution is -1.94. The molecule has 3 nitrogen and oxygen atoms in total. The molecule has 0 radical (unpaired) electrons. The zero-order chi connectivity index (χ0) is 9.68. The van der Waals surface area contributed by atoms with Crippen LogP contribution in [-0.2, 0) is 11.2 Å². The van der Waals surface area contributed by atoms with Gasteiger partial charge in [-0.2, -0.15) is 0 Å². The lowest BCUT2D eigenvalue weighted by Gasteiger charge is -2.07. The molecule has 0 aliphatic rings. The summed E-state index contributed by atoms with van der Waals surface area (Å²) in [5.74, 6) is 1.45. The van der Waals surface area contributed by atoms with Crippen LogP contribution in [0.5, 0.6) is 11.5 Å². The van der Waals surface area contributed by atoms with Crippen LogP contribution in [0, 0.1) is 0 Å². The Morgan fingerprint density at radius 2 is 2.08 bits per heavy atom. The highest BCUT2D eigenvalue weighted by molar-refractivity contribution is 5.58. The molecule has 0 amide bonds. The van der Waals surface area contributed by atoms with Crippen molar-refractivity contribution in [3.63, 3.8) is 0 Å². The third kappa shape index (κ3) is 2.21. The van der Waals surface area contributed by atoms with Gasteiger partial charge in [0, 0.05) is 12.0 Å². The highest BCUT2D eigenvalue weighted by Gasteiger charge is 2.03. The van der Waals surface area contributed by atoms with Crippen molar-refractivity contribution in [2.24, 2.45) is 0 Å². The molecule has 0 aliphatic carbocycles. The maximum Gasteiger partial charge on any atom is 0.124 e. The van der Waals surface area contributed by atoms with Gasteiger partial charge >= 0.3 is 0 Å². The lowest BCUT2D eigenvalue weighted by atomic mass is 10.1. The topological polar surface area (TPSA) is 35.5 Å². The van der Waals surface area contributed by atoms with Crippen molar-refractivity contribution in [2.75, 3.05) is 14.2 Å². The highest BCUT2D eigenvalue weighted by atomic mass is 16.5. The summed E-state index contributed by atoms with van der Waals surface area (Å²) < 4.78 is 10.1. The largest absolute Gasteiger partial charge is 0.497 e. The molecule has 1 aromatic carbocycles. The molecular weight excluding hydrogens is 168 g/mol. The summed E-state index contributed by atoms with van der Waals surface area (Å²) in [5.41, 5.74) is 0.844. The SMILES string of the molecule is COc1ccc(OC)c(CC=O)c1. The minimum Gasteiger partial charge on any atom is -0.497 e. The van der Waals surface area contributed by atoms with Crippen molar-refractivity contribution in [3.05, 3.63) is 23.8 Å². The van der Waals surface area contributed by atoms with Crippen LogP contribution in [-0.4, -0.2) is 20.5 Å². The minimum absolute atomic E-state index is 0.348. The van der Waals surface area contributed by atoms with Gasteiger partial charge in [0.15, 0.2) is 0 Å². The van der Waals surface area contributed by atoms with Crippen molar-refractivity contribution in [3.8, 4) is 11.5 Å². The van der Waals surface area contributed by atoms with E-state index in [0.717, 1.165) is 17.6 Å². The van der Waals surface area contributed by atoms with Crippen molar-refractivity contribution >= 4 is 6.29 Å². The second-order valence-electron chi connectivity index (χ2n) is 2.55. The van der Waals surface area contributed by atoms with E-state index in [0.29, 0.717) is 12.2 Å². The molecule has 0 bridgehead atoms. The summed E-state index contributed by atoms with van der Waals surface area (Å²) >= 11 is 0. The van der Waals surface area contributed by atoms with E-state index in [1.165, 1.54) is 0 Å². The Morgan fingerprint density at radius 3 is 2.62 bits per heavy atom. The van der Waals surface area contributed by atoms with Crippen LogP contribution in [0.15, 0.2) is 18.2 Å². The van der Waals surface area contributed by atoms with Crippen LogP contribution in [0.2, 0.25) is 0 Å². The van der Waals surface area contributed by atoms with Crippen molar-refractivity contribution < 1.29 is 14.3 Å². The fraction of sp³-hybridized carbons (Fsp3) is 0.300. The Bertz CT molecular complexity index is 294. The molecule has 13 heavy (non-hydrogen) atoms. The van der Waals surface area contributed by atoms with E-state index in [1.807, 2.05) is 0 Å². The van der Waals surface area contributed by atoms with Gasteiger partial charge in [-0.1, -0.05) is 0 Å². The van der Waals surface area contributed by atoms with Crippen molar-refractivity contribution in [1.29, 1.82) is 0 Å². The molecule has 0 saturated heterocycles. The summed E-state index contributed by atoms with van der Waals surface area (Å²) in [6.45, 7) is 0. The number of hydrogen-bond donors (Lipinski definition) is 0. The van der Waals surface area contributed by atoms with Gasteiger partial charge in [-0.15, -0.1) is 0 Å². The summed E-state index contributed by atoms with van der Waals surface area (Å²) in [6, 6.07) is 5.39. The maximum atomic E-state index is 10.3. The first-order valence-electron chi connectivity index (χ1n) is 3.96. The van der Waals surface area contributed by atoms with Crippen LogP contribution in [0.1, 0.15) is 5.56 Å². The lowest BCUT2D eigenvalue weighted by molar-refractivity contribution is -0.107. The van der Waals surface area contributed by atoms with Gasteiger partial charge in [0.1, 0.15) is 17.8 Å². The van der Waals surface area contributed by atoms with E-state index in [4.69, 9.17) is 9.47 Å².